The summed E-state index contributed by atoms with van der Waals surface area (Å²) in [5, 5.41) is 8.79. The first-order valence-corrected chi connectivity index (χ1v) is 3.81. The molecule has 12 heavy (non-hydrogen) atoms. The number of allylic oxidation sites excluding steroid dienone is 1. The molecule has 0 aromatic heterocycles. The molecule has 0 fully saturated rings. The molecule has 0 bridgehead atoms. The van der Waals surface area contributed by atoms with E-state index in [1.807, 2.05) is 24.3 Å². The summed E-state index contributed by atoms with van der Waals surface area (Å²) in [6.07, 6.45) is 2.50. The van der Waals surface area contributed by atoms with Gasteiger partial charge in [0.05, 0.1) is 5.57 Å². The third-order valence-corrected chi connectivity index (χ3v) is 2.06. The number of benzene rings is 1. The van der Waals surface area contributed by atoms with Crippen LogP contribution in [0.1, 0.15) is 11.1 Å². The van der Waals surface area contributed by atoms with Crippen LogP contribution in [-0.4, -0.2) is 11.1 Å². The summed E-state index contributed by atoms with van der Waals surface area (Å²) in [4.78, 5) is 10.7. The van der Waals surface area contributed by atoms with Crippen LogP contribution in [0, 0.1) is 0 Å². The van der Waals surface area contributed by atoms with E-state index in [1.165, 1.54) is 0 Å². The van der Waals surface area contributed by atoms with Gasteiger partial charge in [0.15, 0.2) is 0 Å². The van der Waals surface area contributed by atoms with Gasteiger partial charge in [-0.05, 0) is 17.5 Å². The van der Waals surface area contributed by atoms with E-state index in [4.69, 9.17) is 5.11 Å². The van der Waals surface area contributed by atoms with Crippen LogP contribution < -0.4 is 0 Å². The lowest BCUT2D eigenvalue weighted by molar-refractivity contribution is -0.130. The van der Waals surface area contributed by atoms with Crippen LogP contribution in [0.5, 0.6) is 0 Å². The van der Waals surface area contributed by atoms with Crippen molar-refractivity contribution >= 4 is 11.5 Å². The van der Waals surface area contributed by atoms with Gasteiger partial charge in [-0.25, -0.2) is 4.79 Å². The van der Waals surface area contributed by atoms with Crippen LogP contribution in [0.3, 0.4) is 0 Å². The Hall–Kier alpha value is -1.57. The highest BCUT2D eigenvalue weighted by molar-refractivity contribution is 6.16. The Kier molecular flexibility index (Phi) is 1.47. The first kappa shape index (κ1) is 7.10. The maximum Gasteiger partial charge on any atom is 0.335 e. The molecule has 2 nitrogen and oxygen atoms in total. The molecule has 1 aromatic carbocycles. The number of hydrogen-bond acceptors (Lipinski definition) is 1. The molecule has 2 heteroatoms. The molecule has 2 rings (SSSR count). The van der Waals surface area contributed by atoms with Crippen molar-refractivity contribution in [1.29, 1.82) is 0 Å². The Balaban J connectivity index is 2.52. The lowest BCUT2D eigenvalue weighted by atomic mass is 10.1. The number of aliphatic carboxylic acids is 1. The van der Waals surface area contributed by atoms with Crippen molar-refractivity contribution in [2.75, 3.05) is 0 Å². The minimum absolute atomic E-state index is 0.436. The average molecular weight is 161 g/mol. The number of carbonyl (C=O) groups is 1. The second-order valence-corrected chi connectivity index (χ2v) is 2.78. The van der Waals surface area contributed by atoms with Crippen LogP contribution in [0.25, 0.3) is 5.57 Å². The van der Waals surface area contributed by atoms with Gasteiger partial charge in [0, 0.05) is 0 Å². The van der Waals surface area contributed by atoms with Gasteiger partial charge in [0.25, 0.3) is 0 Å². The van der Waals surface area contributed by atoms with Gasteiger partial charge < -0.3 is 5.11 Å². The fraction of sp³-hybridized carbons (Fsp3) is 0.100. The minimum Gasteiger partial charge on any atom is -0.478 e. The molecule has 0 saturated heterocycles. The van der Waals surface area contributed by atoms with Gasteiger partial charge >= 0.3 is 5.97 Å². The van der Waals surface area contributed by atoms with Gasteiger partial charge in [0.2, 0.25) is 0 Å². The Morgan fingerprint density at radius 3 is 2.83 bits per heavy atom. The van der Waals surface area contributed by atoms with E-state index in [0.29, 0.717) is 5.57 Å². The van der Waals surface area contributed by atoms with E-state index in [0.717, 1.165) is 17.5 Å². The first-order valence-electron chi connectivity index (χ1n) is 3.81. The Morgan fingerprint density at radius 1 is 1.33 bits per heavy atom. The van der Waals surface area contributed by atoms with Crippen molar-refractivity contribution in [2.45, 2.75) is 6.42 Å². The normalized spacial score (nSPS) is 13.8. The van der Waals surface area contributed by atoms with E-state index < -0.39 is 5.97 Å². The van der Waals surface area contributed by atoms with E-state index in [1.54, 1.807) is 6.08 Å². The van der Waals surface area contributed by atoms with Gasteiger partial charge in [-0.15, -0.1) is 0 Å². The quantitative estimate of drug-likeness (QED) is 0.636. The van der Waals surface area contributed by atoms with Crippen molar-refractivity contribution in [3.63, 3.8) is 0 Å². The molecule has 0 amide bonds. The summed E-state index contributed by atoms with van der Waals surface area (Å²) in [6, 6.07) is 7.60. The van der Waals surface area contributed by atoms with Crippen molar-refractivity contribution in [1.82, 2.24) is 0 Å². The average Bonchev–Trinajstić information content (AvgIpc) is 2.47. The minimum atomic E-state index is -0.833. The molecule has 1 N–H and O–H groups in total. The van der Waals surface area contributed by atoms with Crippen molar-refractivity contribution in [2.24, 2.45) is 0 Å². The van der Waals surface area contributed by atoms with Gasteiger partial charge in [-0.3, -0.25) is 0 Å². The molecule has 0 atom stereocenters. The summed E-state index contributed by atoms with van der Waals surface area (Å²) >= 11 is 0. The van der Waals surface area contributed by atoms with E-state index in [-0.39, 0.29) is 0 Å². The molecule has 0 heterocycles. The number of carboxylic acid groups (broad SMARTS) is 1. The molecule has 1 aromatic rings. The lowest BCUT2D eigenvalue weighted by Crippen LogP contribution is -1.97. The third kappa shape index (κ3) is 0.925. The summed E-state index contributed by atoms with van der Waals surface area (Å²) in [7, 11) is 0. The highest BCUT2D eigenvalue weighted by atomic mass is 16.4. The largest absolute Gasteiger partial charge is 0.478 e. The standard InChI is InChI=1S/C10H8O2/c11-10(12)9-6-5-7-3-1-2-4-8(7)9/h1-4,6H,5H2,(H,11,12)/i9+1. The van der Waals surface area contributed by atoms with Crippen LogP contribution in [0.2, 0.25) is 0 Å². The number of rotatable bonds is 1. The van der Waals surface area contributed by atoms with Crippen LogP contribution in [0.4, 0.5) is 0 Å². The third-order valence-electron chi connectivity index (χ3n) is 2.06. The highest BCUT2D eigenvalue weighted by Gasteiger charge is 2.17. The first-order chi connectivity index (χ1) is 5.79. The predicted molar refractivity (Wildman–Crippen MR) is 45.8 cm³/mol. The molecule has 60 valence electrons. The zero-order valence-corrected chi connectivity index (χ0v) is 6.45. The van der Waals surface area contributed by atoms with Crippen LogP contribution in [0.15, 0.2) is 30.3 Å². The molecule has 1 aliphatic carbocycles. The molecule has 0 unspecified atom stereocenters. The highest BCUT2D eigenvalue weighted by Crippen LogP contribution is 2.26. The summed E-state index contributed by atoms with van der Waals surface area (Å²) < 4.78 is 0. The van der Waals surface area contributed by atoms with E-state index >= 15 is 0 Å². The number of fused-ring (bicyclic) bond motifs is 1. The van der Waals surface area contributed by atoms with Crippen LogP contribution >= 0.6 is 0 Å². The zero-order chi connectivity index (χ0) is 8.55. The van der Waals surface area contributed by atoms with Crippen molar-refractivity contribution < 1.29 is 9.90 Å². The molecular formula is C10H8O2. The van der Waals surface area contributed by atoms with Gasteiger partial charge in [-0.2, -0.15) is 0 Å². The summed E-state index contributed by atoms with van der Waals surface area (Å²) in [5.41, 5.74) is 2.41. The van der Waals surface area contributed by atoms with Crippen molar-refractivity contribution in [3.8, 4) is 0 Å². The Bertz CT molecular complexity index is 364. The molecule has 1 aliphatic rings. The van der Waals surface area contributed by atoms with Gasteiger partial charge in [0.1, 0.15) is 0 Å². The van der Waals surface area contributed by atoms with Gasteiger partial charge in [-0.1, -0.05) is 30.3 Å². The Labute approximate surface area is 70.2 Å². The fourth-order valence-electron chi connectivity index (χ4n) is 1.49. The smallest absolute Gasteiger partial charge is 0.335 e. The Morgan fingerprint density at radius 2 is 2.08 bits per heavy atom. The SMILES string of the molecule is O=C(O)[13C]1=CCc2ccccc21. The maximum atomic E-state index is 10.7. The molecular weight excluding hydrogens is 153 g/mol. The summed E-state index contributed by atoms with van der Waals surface area (Å²) in [6.45, 7) is 0. The second kappa shape index (κ2) is 2.48. The molecule has 0 radical (unpaired) electrons. The molecule has 0 spiro atoms. The topological polar surface area (TPSA) is 37.3 Å². The molecule has 0 saturated carbocycles. The van der Waals surface area contributed by atoms with Crippen molar-refractivity contribution in [3.05, 3.63) is 41.5 Å². The second-order valence-electron chi connectivity index (χ2n) is 2.78. The maximum absolute atomic E-state index is 10.7. The van der Waals surface area contributed by atoms with Crippen LogP contribution in [-0.2, 0) is 11.2 Å². The number of carboxylic acids is 1. The van der Waals surface area contributed by atoms with E-state index in [2.05, 4.69) is 0 Å². The van der Waals surface area contributed by atoms with E-state index in [9.17, 15) is 4.79 Å². The zero-order valence-electron chi connectivity index (χ0n) is 6.45. The molecule has 0 aliphatic heterocycles. The monoisotopic (exact) mass is 161 g/mol. The summed E-state index contributed by atoms with van der Waals surface area (Å²) in [5.74, 6) is -0.833. The number of hydrogen-bond donors (Lipinski definition) is 1. The predicted octanol–water partition coefficient (Wildman–Crippen LogP) is 1.71. The lowest BCUT2D eigenvalue weighted by Gasteiger charge is -1.98. The fourth-order valence-corrected chi connectivity index (χ4v) is 1.49.